The van der Waals surface area contributed by atoms with E-state index in [1.165, 1.54) is 6.92 Å². The zero-order valence-electron chi connectivity index (χ0n) is 12.8. The maximum absolute atomic E-state index is 11.0. The van der Waals surface area contributed by atoms with Crippen LogP contribution in [0, 0.1) is 5.92 Å². The molecule has 21 heavy (non-hydrogen) atoms. The predicted molar refractivity (Wildman–Crippen MR) is 84.7 cm³/mol. The van der Waals surface area contributed by atoms with Gasteiger partial charge in [0.15, 0.2) is 5.60 Å². The molecule has 118 valence electrons. The van der Waals surface area contributed by atoms with Crippen molar-refractivity contribution in [1.82, 2.24) is 5.32 Å². The molecule has 0 heterocycles. The second-order valence-electron chi connectivity index (χ2n) is 6.12. The van der Waals surface area contributed by atoms with Crippen molar-refractivity contribution in [3.8, 4) is 0 Å². The molecular formula is C16H24ClNO3. The van der Waals surface area contributed by atoms with E-state index in [0.717, 1.165) is 18.4 Å². The molecule has 0 amide bonds. The first-order valence-electron chi connectivity index (χ1n) is 7.14. The third-order valence-corrected chi connectivity index (χ3v) is 3.56. The monoisotopic (exact) mass is 313 g/mol. The molecule has 5 heteroatoms. The number of benzene rings is 1. The molecule has 3 N–H and O–H groups in total. The van der Waals surface area contributed by atoms with Gasteiger partial charge in [0.05, 0.1) is 0 Å². The fraction of sp³-hybridized carbons (Fsp3) is 0.562. The van der Waals surface area contributed by atoms with Gasteiger partial charge in [-0.3, -0.25) is 0 Å². The van der Waals surface area contributed by atoms with Crippen molar-refractivity contribution in [3.63, 3.8) is 0 Å². The van der Waals surface area contributed by atoms with Crippen LogP contribution in [0.3, 0.4) is 0 Å². The van der Waals surface area contributed by atoms with E-state index >= 15 is 0 Å². The van der Waals surface area contributed by atoms with Crippen molar-refractivity contribution in [1.29, 1.82) is 0 Å². The van der Waals surface area contributed by atoms with Crippen LogP contribution in [0.1, 0.15) is 32.8 Å². The van der Waals surface area contributed by atoms with E-state index in [-0.39, 0.29) is 12.6 Å². The van der Waals surface area contributed by atoms with Crippen LogP contribution in [-0.2, 0) is 11.2 Å². The summed E-state index contributed by atoms with van der Waals surface area (Å²) >= 11 is 5.99. The quantitative estimate of drug-likeness (QED) is 0.690. The molecule has 0 aromatic heterocycles. The topological polar surface area (TPSA) is 69.6 Å². The molecule has 0 bridgehead atoms. The number of rotatable bonds is 8. The third-order valence-electron chi connectivity index (χ3n) is 3.32. The molecule has 2 atom stereocenters. The molecule has 0 aliphatic heterocycles. The number of aliphatic hydroxyl groups is 1. The summed E-state index contributed by atoms with van der Waals surface area (Å²) in [6, 6.07) is 7.72. The van der Waals surface area contributed by atoms with E-state index in [1.54, 1.807) is 0 Å². The molecule has 0 spiro atoms. The summed E-state index contributed by atoms with van der Waals surface area (Å²) in [6.45, 7) is 5.54. The second kappa shape index (κ2) is 7.78. The Morgan fingerprint density at radius 2 is 2.10 bits per heavy atom. The maximum Gasteiger partial charge on any atom is 0.336 e. The van der Waals surface area contributed by atoms with Gasteiger partial charge in [-0.2, -0.15) is 0 Å². The van der Waals surface area contributed by atoms with Crippen LogP contribution in [0.15, 0.2) is 24.3 Å². The summed E-state index contributed by atoms with van der Waals surface area (Å²) in [5.74, 6) is -0.752. The Morgan fingerprint density at radius 1 is 1.43 bits per heavy atom. The van der Waals surface area contributed by atoms with Crippen molar-refractivity contribution in [2.75, 3.05) is 6.54 Å². The molecular weight excluding hydrogens is 290 g/mol. The number of aliphatic carboxylic acids is 1. The van der Waals surface area contributed by atoms with Gasteiger partial charge in [0, 0.05) is 17.6 Å². The van der Waals surface area contributed by atoms with Crippen LogP contribution in [0.5, 0.6) is 0 Å². The summed E-state index contributed by atoms with van der Waals surface area (Å²) in [4.78, 5) is 11.0. The largest absolute Gasteiger partial charge is 0.479 e. The van der Waals surface area contributed by atoms with Gasteiger partial charge in [0.25, 0.3) is 0 Å². The average molecular weight is 314 g/mol. The highest BCUT2D eigenvalue weighted by atomic mass is 35.5. The molecule has 1 aromatic rings. The molecule has 0 radical (unpaired) electrons. The molecule has 1 aromatic carbocycles. The summed E-state index contributed by atoms with van der Waals surface area (Å²) in [5.41, 5.74) is -0.667. The zero-order chi connectivity index (χ0) is 16.0. The molecule has 4 nitrogen and oxygen atoms in total. The van der Waals surface area contributed by atoms with Gasteiger partial charge in [-0.25, -0.2) is 4.79 Å². The van der Waals surface area contributed by atoms with E-state index < -0.39 is 11.6 Å². The number of hydrogen-bond acceptors (Lipinski definition) is 3. The summed E-state index contributed by atoms with van der Waals surface area (Å²) in [6.07, 6.45) is 1.64. The van der Waals surface area contributed by atoms with Crippen LogP contribution in [0.2, 0.25) is 5.02 Å². The molecule has 1 rings (SSSR count). The minimum Gasteiger partial charge on any atom is -0.479 e. The molecule has 0 saturated heterocycles. The smallest absolute Gasteiger partial charge is 0.336 e. The lowest BCUT2D eigenvalue weighted by molar-refractivity contribution is -0.156. The number of carbonyl (C=O) groups is 1. The van der Waals surface area contributed by atoms with E-state index in [9.17, 15) is 9.90 Å². The number of nitrogens with one attached hydrogen (secondary N) is 1. The van der Waals surface area contributed by atoms with Crippen molar-refractivity contribution >= 4 is 17.6 Å². The Bertz CT molecular complexity index is 474. The van der Waals surface area contributed by atoms with Gasteiger partial charge in [-0.15, -0.1) is 0 Å². The van der Waals surface area contributed by atoms with E-state index in [0.29, 0.717) is 10.9 Å². The SMILES string of the molecule is CC(C)CC(Cc1cccc(Cl)c1)NCC(C)(O)C(=O)O. The van der Waals surface area contributed by atoms with Crippen LogP contribution in [-0.4, -0.2) is 34.4 Å². The average Bonchev–Trinajstić information content (AvgIpc) is 2.35. The fourth-order valence-corrected chi connectivity index (χ4v) is 2.39. The second-order valence-corrected chi connectivity index (χ2v) is 6.56. The molecule has 0 aliphatic carbocycles. The van der Waals surface area contributed by atoms with Crippen molar-refractivity contribution in [2.45, 2.75) is 45.3 Å². The van der Waals surface area contributed by atoms with E-state index in [2.05, 4.69) is 19.2 Å². The summed E-state index contributed by atoms with van der Waals surface area (Å²) < 4.78 is 0. The lowest BCUT2D eigenvalue weighted by Gasteiger charge is -2.25. The third kappa shape index (κ3) is 6.46. The first kappa shape index (κ1) is 18.0. The lowest BCUT2D eigenvalue weighted by Crippen LogP contribution is -2.48. The van der Waals surface area contributed by atoms with E-state index in [1.807, 2.05) is 24.3 Å². The van der Waals surface area contributed by atoms with Crippen molar-refractivity contribution < 1.29 is 15.0 Å². The number of carboxylic acid groups (broad SMARTS) is 1. The van der Waals surface area contributed by atoms with Crippen molar-refractivity contribution in [3.05, 3.63) is 34.9 Å². The van der Waals surface area contributed by atoms with Gasteiger partial charge < -0.3 is 15.5 Å². The number of halogens is 1. The fourth-order valence-electron chi connectivity index (χ4n) is 2.18. The predicted octanol–water partition coefficient (Wildman–Crippen LogP) is 2.72. The van der Waals surface area contributed by atoms with Crippen LogP contribution in [0.4, 0.5) is 0 Å². The Balaban J connectivity index is 2.70. The summed E-state index contributed by atoms with van der Waals surface area (Å²) in [5, 5.41) is 22.6. The van der Waals surface area contributed by atoms with Gasteiger partial charge in [-0.1, -0.05) is 37.6 Å². The highest BCUT2D eigenvalue weighted by Gasteiger charge is 2.30. The Kier molecular flexibility index (Phi) is 6.65. The van der Waals surface area contributed by atoms with Gasteiger partial charge >= 0.3 is 5.97 Å². The number of hydrogen-bond donors (Lipinski definition) is 3. The van der Waals surface area contributed by atoms with E-state index in [4.69, 9.17) is 16.7 Å². The molecule has 0 aliphatic rings. The summed E-state index contributed by atoms with van der Waals surface area (Å²) in [7, 11) is 0. The molecule has 0 saturated carbocycles. The highest BCUT2D eigenvalue weighted by molar-refractivity contribution is 6.30. The molecule has 2 unspecified atom stereocenters. The van der Waals surface area contributed by atoms with Crippen molar-refractivity contribution in [2.24, 2.45) is 5.92 Å². The Hall–Kier alpha value is -1.10. The Labute approximate surface area is 131 Å². The standard InChI is InChI=1S/C16H24ClNO3/c1-11(2)7-14(18-10-16(3,21)15(19)20)9-12-5-4-6-13(17)8-12/h4-6,8,11,14,18,21H,7,9-10H2,1-3H3,(H,19,20). The first-order chi connectivity index (χ1) is 9.70. The highest BCUT2D eigenvalue weighted by Crippen LogP contribution is 2.16. The maximum atomic E-state index is 11.0. The van der Waals surface area contributed by atoms with Gasteiger partial charge in [0.1, 0.15) is 0 Å². The number of carboxylic acids is 1. The zero-order valence-corrected chi connectivity index (χ0v) is 13.5. The minimum absolute atomic E-state index is 0.0142. The van der Waals surface area contributed by atoms with Crippen LogP contribution < -0.4 is 5.32 Å². The first-order valence-corrected chi connectivity index (χ1v) is 7.52. The Morgan fingerprint density at radius 3 is 2.62 bits per heavy atom. The lowest BCUT2D eigenvalue weighted by atomic mass is 9.96. The van der Waals surface area contributed by atoms with Crippen LogP contribution >= 0.6 is 11.6 Å². The normalized spacial score (nSPS) is 15.7. The molecule has 0 fully saturated rings. The van der Waals surface area contributed by atoms with Gasteiger partial charge in [-0.05, 0) is 43.4 Å². The minimum atomic E-state index is -1.76. The van der Waals surface area contributed by atoms with Crippen LogP contribution in [0.25, 0.3) is 0 Å². The van der Waals surface area contributed by atoms with Gasteiger partial charge in [0.2, 0.25) is 0 Å².